The first-order valence-corrected chi connectivity index (χ1v) is 9.83. The monoisotopic (exact) mass is 412 g/mol. The Morgan fingerprint density at radius 1 is 1.27 bits per heavy atom. The summed E-state index contributed by atoms with van der Waals surface area (Å²) >= 11 is 0. The van der Waals surface area contributed by atoms with Gasteiger partial charge in [0.1, 0.15) is 18.3 Å². The molecular formula is C22H22F2N4O2. The summed E-state index contributed by atoms with van der Waals surface area (Å²) in [6.45, 7) is 4.26. The molecule has 4 rings (SSSR count). The Hall–Kier alpha value is -3.29. The number of carbonyl (C=O) groups is 1. The molecule has 2 unspecified atom stereocenters. The lowest BCUT2D eigenvalue weighted by atomic mass is 10.0. The smallest absolute Gasteiger partial charge is 0.249 e. The van der Waals surface area contributed by atoms with Crippen molar-refractivity contribution >= 4 is 11.6 Å². The number of carbonyl (C=O) groups excluding carboxylic acids is 1. The quantitative estimate of drug-likeness (QED) is 0.436. The first kappa shape index (κ1) is 20.0. The Kier molecular flexibility index (Phi) is 5.74. The number of alkyl halides is 1. The van der Waals surface area contributed by atoms with Gasteiger partial charge in [0, 0.05) is 12.0 Å². The molecule has 1 saturated heterocycles. The second-order valence-corrected chi connectivity index (χ2v) is 7.34. The summed E-state index contributed by atoms with van der Waals surface area (Å²) in [6.07, 6.45) is 1.58. The Bertz CT molecular complexity index is 1070. The molecule has 6 nitrogen and oxygen atoms in total. The van der Waals surface area contributed by atoms with Gasteiger partial charge in [0.05, 0.1) is 19.2 Å². The Morgan fingerprint density at radius 2 is 2.10 bits per heavy atom. The molecule has 0 spiro atoms. The van der Waals surface area contributed by atoms with Crippen LogP contribution >= 0.6 is 0 Å². The highest BCUT2D eigenvalue weighted by Crippen LogP contribution is 2.35. The van der Waals surface area contributed by atoms with E-state index in [1.165, 1.54) is 17.0 Å². The zero-order valence-corrected chi connectivity index (χ0v) is 16.4. The highest BCUT2D eigenvalue weighted by molar-refractivity contribution is 5.93. The number of aromatic nitrogens is 3. The number of hydrogen-bond acceptors (Lipinski definition) is 4. The zero-order valence-electron chi connectivity index (χ0n) is 16.4. The zero-order chi connectivity index (χ0) is 21.1. The van der Waals surface area contributed by atoms with Crippen LogP contribution in [0.4, 0.5) is 8.78 Å². The fourth-order valence-electron chi connectivity index (χ4n) is 3.75. The summed E-state index contributed by atoms with van der Waals surface area (Å²) in [5, 5.41) is 7.81. The number of amides is 1. The van der Waals surface area contributed by atoms with Crippen molar-refractivity contribution in [1.29, 1.82) is 0 Å². The molecule has 1 aliphatic rings. The molecule has 0 N–H and O–H groups in total. The van der Waals surface area contributed by atoms with E-state index in [0.717, 1.165) is 0 Å². The molecule has 8 heteroatoms. The highest BCUT2D eigenvalue weighted by Gasteiger charge is 2.37. The minimum Gasteiger partial charge on any atom is -0.479 e. The predicted octanol–water partition coefficient (Wildman–Crippen LogP) is 3.90. The molecule has 2 aromatic heterocycles. The van der Waals surface area contributed by atoms with Crippen LogP contribution in [0.5, 0.6) is 5.88 Å². The maximum absolute atomic E-state index is 14.1. The fraction of sp³-hybridized carbons (Fsp3) is 0.318. The third-order valence-electron chi connectivity index (χ3n) is 5.22. The number of pyridine rings is 1. The van der Waals surface area contributed by atoms with Gasteiger partial charge in [-0.15, -0.1) is 10.2 Å². The van der Waals surface area contributed by atoms with E-state index in [0.29, 0.717) is 42.1 Å². The van der Waals surface area contributed by atoms with Gasteiger partial charge in [0.15, 0.2) is 5.65 Å². The van der Waals surface area contributed by atoms with E-state index in [1.807, 2.05) is 18.2 Å². The Labute approximate surface area is 172 Å². The van der Waals surface area contributed by atoms with Gasteiger partial charge in [-0.05, 0) is 42.7 Å². The van der Waals surface area contributed by atoms with E-state index in [9.17, 15) is 13.6 Å². The summed E-state index contributed by atoms with van der Waals surface area (Å²) < 4.78 is 35.2. The number of fused-ring (bicyclic) bond motifs is 1. The predicted molar refractivity (Wildman–Crippen MR) is 107 cm³/mol. The van der Waals surface area contributed by atoms with E-state index in [-0.39, 0.29) is 18.9 Å². The summed E-state index contributed by atoms with van der Waals surface area (Å²) in [5.74, 6) is -0.0907. The van der Waals surface area contributed by atoms with Gasteiger partial charge < -0.3 is 9.64 Å². The SMILES string of the molecule is C=C(CCCOc1cccc2nncn12)C(=O)N1CC(F)CC1c1cccc(F)c1. The largest absolute Gasteiger partial charge is 0.479 e. The molecular weight excluding hydrogens is 390 g/mol. The van der Waals surface area contributed by atoms with E-state index in [1.54, 1.807) is 22.9 Å². The van der Waals surface area contributed by atoms with E-state index in [4.69, 9.17) is 4.74 Å². The van der Waals surface area contributed by atoms with Gasteiger partial charge in [-0.3, -0.25) is 9.20 Å². The van der Waals surface area contributed by atoms with Gasteiger partial charge in [-0.25, -0.2) is 8.78 Å². The lowest BCUT2D eigenvalue weighted by Crippen LogP contribution is -2.32. The van der Waals surface area contributed by atoms with Gasteiger partial charge in [-0.2, -0.15) is 0 Å². The van der Waals surface area contributed by atoms with Crippen molar-refractivity contribution in [3.8, 4) is 5.88 Å². The summed E-state index contributed by atoms with van der Waals surface area (Å²) in [5.41, 5.74) is 1.67. The van der Waals surface area contributed by atoms with Crippen LogP contribution in [0.1, 0.15) is 30.9 Å². The molecule has 0 bridgehead atoms. The van der Waals surface area contributed by atoms with Crippen LogP contribution < -0.4 is 4.74 Å². The molecule has 3 heterocycles. The molecule has 156 valence electrons. The van der Waals surface area contributed by atoms with E-state index < -0.39 is 18.0 Å². The second kappa shape index (κ2) is 8.61. The number of benzene rings is 1. The van der Waals surface area contributed by atoms with Crippen molar-refractivity contribution in [2.24, 2.45) is 0 Å². The number of rotatable bonds is 7. The summed E-state index contributed by atoms with van der Waals surface area (Å²) in [6, 6.07) is 10.9. The Balaban J connectivity index is 1.33. The fourth-order valence-corrected chi connectivity index (χ4v) is 3.75. The van der Waals surface area contributed by atoms with Crippen LogP contribution in [0.3, 0.4) is 0 Å². The molecule has 0 saturated carbocycles. The van der Waals surface area contributed by atoms with Crippen LogP contribution in [-0.4, -0.2) is 44.7 Å². The van der Waals surface area contributed by atoms with Crippen LogP contribution in [0.15, 0.2) is 60.9 Å². The first-order valence-electron chi connectivity index (χ1n) is 9.83. The van der Waals surface area contributed by atoms with Crippen molar-refractivity contribution in [3.63, 3.8) is 0 Å². The van der Waals surface area contributed by atoms with Crippen LogP contribution in [0.25, 0.3) is 5.65 Å². The number of hydrogen-bond donors (Lipinski definition) is 0. The molecule has 30 heavy (non-hydrogen) atoms. The maximum atomic E-state index is 14.1. The molecule has 1 aromatic carbocycles. The third kappa shape index (κ3) is 4.17. The normalized spacial score (nSPS) is 18.7. The van der Waals surface area contributed by atoms with Crippen LogP contribution in [0, 0.1) is 5.82 Å². The van der Waals surface area contributed by atoms with Gasteiger partial charge in [-0.1, -0.05) is 24.8 Å². The third-order valence-corrected chi connectivity index (χ3v) is 5.22. The number of halogens is 2. The van der Waals surface area contributed by atoms with Crippen LogP contribution in [0.2, 0.25) is 0 Å². The topological polar surface area (TPSA) is 59.7 Å². The second-order valence-electron chi connectivity index (χ2n) is 7.34. The lowest BCUT2D eigenvalue weighted by molar-refractivity contribution is -0.128. The lowest BCUT2D eigenvalue weighted by Gasteiger charge is -2.25. The molecule has 1 amide bonds. The standard InChI is InChI=1S/C22H22F2N4O2/c1-15(5-4-10-30-21-9-3-8-20-26-25-14-28(20)21)22(29)27-13-18(24)12-19(27)16-6-2-7-17(23)11-16/h2-3,6-9,11,14,18-19H,1,4-5,10,12-13H2. The van der Waals surface area contributed by atoms with Crippen molar-refractivity contribution in [3.05, 3.63) is 72.3 Å². The minimum atomic E-state index is -1.14. The minimum absolute atomic E-state index is 0.00877. The van der Waals surface area contributed by atoms with Gasteiger partial charge in [0.25, 0.3) is 0 Å². The summed E-state index contributed by atoms with van der Waals surface area (Å²) in [4.78, 5) is 14.3. The summed E-state index contributed by atoms with van der Waals surface area (Å²) in [7, 11) is 0. The molecule has 2 atom stereocenters. The van der Waals surface area contributed by atoms with Crippen molar-refractivity contribution in [2.75, 3.05) is 13.2 Å². The molecule has 1 fully saturated rings. The van der Waals surface area contributed by atoms with Crippen molar-refractivity contribution in [1.82, 2.24) is 19.5 Å². The number of likely N-dealkylation sites (tertiary alicyclic amines) is 1. The molecule has 1 aliphatic heterocycles. The Morgan fingerprint density at radius 3 is 2.93 bits per heavy atom. The van der Waals surface area contributed by atoms with Crippen molar-refractivity contribution in [2.45, 2.75) is 31.5 Å². The molecule has 3 aromatic rings. The maximum Gasteiger partial charge on any atom is 0.249 e. The average molecular weight is 412 g/mol. The number of nitrogens with zero attached hydrogens (tertiary/aromatic N) is 4. The van der Waals surface area contributed by atoms with Crippen LogP contribution in [-0.2, 0) is 4.79 Å². The molecule has 0 aliphatic carbocycles. The highest BCUT2D eigenvalue weighted by atomic mass is 19.1. The van der Waals surface area contributed by atoms with Gasteiger partial charge in [0.2, 0.25) is 11.8 Å². The average Bonchev–Trinajstić information content (AvgIpc) is 3.37. The van der Waals surface area contributed by atoms with E-state index >= 15 is 0 Å². The van der Waals surface area contributed by atoms with Crippen molar-refractivity contribution < 1.29 is 18.3 Å². The first-order chi connectivity index (χ1) is 14.5. The number of ether oxygens (including phenoxy) is 1. The van der Waals surface area contributed by atoms with Gasteiger partial charge >= 0.3 is 0 Å². The van der Waals surface area contributed by atoms with E-state index in [2.05, 4.69) is 16.8 Å². The molecule has 0 radical (unpaired) electrons.